The third-order valence-corrected chi connectivity index (χ3v) is 4.11. The van der Waals surface area contributed by atoms with Crippen LogP contribution in [0, 0.1) is 0 Å². The van der Waals surface area contributed by atoms with Crippen molar-refractivity contribution in [1.82, 2.24) is 15.3 Å². The van der Waals surface area contributed by atoms with Gasteiger partial charge in [0.05, 0.1) is 5.69 Å². The lowest BCUT2D eigenvalue weighted by molar-refractivity contribution is 0.724. The molecule has 5 heteroatoms. The zero-order chi connectivity index (χ0) is 13.8. The Morgan fingerprint density at radius 3 is 2.90 bits per heavy atom. The quantitative estimate of drug-likeness (QED) is 0.918. The zero-order valence-corrected chi connectivity index (χ0v) is 12.8. The van der Waals surface area contributed by atoms with E-state index in [1.54, 1.807) is 0 Å². The van der Waals surface area contributed by atoms with E-state index in [4.69, 9.17) is 4.98 Å². The molecule has 0 saturated carbocycles. The summed E-state index contributed by atoms with van der Waals surface area (Å²) < 4.78 is 1.06. The summed E-state index contributed by atoms with van der Waals surface area (Å²) in [7, 11) is 0. The number of hydrogen-bond donors (Lipinski definition) is 1. The van der Waals surface area contributed by atoms with Gasteiger partial charge in [0.2, 0.25) is 5.95 Å². The molecule has 1 aliphatic rings. The molecule has 20 heavy (non-hydrogen) atoms. The van der Waals surface area contributed by atoms with E-state index in [0.29, 0.717) is 0 Å². The number of nitrogens with one attached hydrogen (secondary N) is 1. The number of halogens is 1. The van der Waals surface area contributed by atoms with Crippen LogP contribution in [0.4, 0.5) is 5.95 Å². The minimum Gasteiger partial charge on any atom is -0.339 e. The Balaban J connectivity index is 1.91. The van der Waals surface area contributed by atoms with E-state index in [-0.39, 0.29) is 0 Å². The molecule has 1 N–H and O–H groups in total. The first-order valence-electron chi connectivity index (χ1n) is 6.88. The van der Waals surface area contributed by atoms with E-state index in [1.807, 2.05) is 30.5 Å². The summed E-state index contributed by atoms with van der Waals surface area (Å²) in [5.41, 5.74) is 2.06. The van der Waals surface area contributed by atoms with E-state index in [0.717, 1.165) is 54.3 Å². The van der Waals surface area contributed by atoms with Gasteiger partial charge in [-0.2, -0.15) is 0 Å². The van der Waals surface area contributed by atoms with Crippen LogP contribution in [-0.2, 0) is 0 Å². The van der Waals surface area contributed by atoms with Crippen LogP contribution in [0.15, 0.2) is 41.0 Å². The van der Waals surface area contributed by atoms with Gasteiger partial charge in [0.25, 0.3) is 0 Å². The van der Waals surface area contributed by atoms with E-state index in [9.17, 15) is 0 Å². The predicted octanol–water partition coefficient (Wildman–Crippen LogP) is 2.71. The second kappa shape index (κ2) is 6.33. The Kier molecular flexibility index (Phi) is 4.28. The van der Waals surface area contributed by atoms with Crippen LogP contribution in [0.5, 0.6) is 0 Å². The molecule has 1 aromatic carbocycles. The molecule has 1 aromatic heterocycles. The molecule has 104 valence electrons. The molecule has 0 unspecified atom stereocenters. The molecule has 1 saturated heterocycles. The Morgan fingerprint density at radius 1 is 1.10 bits per heavy atom. The summed E-state index contributed by atoms with van der Waals surface area (Å²) in [4.78, 5) is 11.4. The largest absolute Gasteiger partial charge is 0.339 e. The first-order chi connectivity index (χ1) is 9.84. The molecule has 2 aromatic rings. The van der Waals surface area contributed by atoms with E-state index < -0.39 is 0 Å². The van der Waals surface area contributed by atoms with Crippen molar-refractivity contribution in [3.8, 4) is 11.3 Å². The summed E-state index contributed by atoms with van der Waals surface area (Å²) in [6, 6.07) is 10.1. The zero-order valence-electron chi connectivity index (χ0n) is 11.2. The van der Waals surface area contributed by atoms with Crippen molar-refractivity contribution in [3.63, 3.8) is 0 Å². The number of aromatic nitrogens is 2. The fourth-order valence-electron chi connectivity index (χ4n) is 2.37. The summed E-state index contributed by atoms with van der Waals surface area (Å²) in [5.74, 6) is 0.821. The second-order valence-electron chi connectivity index (χ2n) is 4.81. The van der Waals surface area contributed by atoms with E-state index >= 15 is 0 Å². The molecular weight excluding hydrogens is 316 g/mol. The molecule has 1 aliphatic heterocycles. The third-order valence-electron chi connectivity index (χ3n) is 3.42. The van der Waals surface area contributed by atoms with Gasteiger partial charge in [-0.1, -0.05) is 34.1 Å². The molecule has 0 bridgehead atoms. The number of anilines is 1. The smallest absolute Gasteiger partial charge is 0.225 e. The maximum atomic E-state index is 4.73. The highest BCUT2D eigenvalue weighted by atomic mass is 79.9. The highest BCUT2D eigenvalue weighted by Gasteiger charge is 2.13. The predicted molar refractivity (Wildman–Crippen MR) is 84.9 cm³/mol. The minimum atomic E-state index is 0.821. The highest BCUT2D eigenvalue weighted by molar-refractivity contribution is 9.10. The first kappa shape index (κ1) is 13.5. The summed E-state index contributed by atoms with van der Waals surface area (Å²) in [6.07, 6.45) is 2.97. The third kappa shape index (κ3) is 2.99. The average Bonchev–Trinajstić information content (AvgIpc) is 2.77. The fourth-order valence-corrected chi connectivity index (χ4v) is 2.85. The van der Waals surface area contributed by atoms with Gasteiger partial charge in [-0.25, -0.2) is 9.97 Å². The van der Waals surface area contributed by atoms with Crippen molar-refractivity contribution >= 4 is 21.9 Å². The van der Waals surface area contributed by atoms with Gasteiger partial charge in [0.1, 0.15) is 0 Å². The van der Waals surface area contributed by atoms with E-state index in [1.165, 1.54) is 0 Å². The van der Waals surface area contributed by atoms with Gasteiger partial charge >= 0.3 is 0 Å². The van der Waals surface area contributed by atoms with Crippen LogP contribution in [0.3, 0.4) is 0 Å². The minimum absolute atomic E-state index is 0.821. The SMILES string of the molecule is Brc1ccccc1-c1ccnc(N2CCCNCC2)n1. The van der Waals surface area contributed by atoms with Crippen molar-refractivity contribution in [2.24, 2.45) is 0 Å². The summed E-state index contributed by atoms with van der Waals surface area (Å²) >= 11 is 3.58. The van der Waals surface area contributed by atoms with Gasteiger partial charge in [0.15, 0.2) is 0 Å². The molecule has 0 radical (unpaired) electrons. The number of rotatable bonds is 2. The van der Waals surface area contributed by atoms with Crippen LogP contribution < -0.4 is 10.2 Å². The maximum absolute atomic E-state index is 4.73. The van der Waals surface area contributed by atoms with E-state index in [2.05, 4.69) is 37.2 Å². The topological polar surface area (TPSA) is 41.1 Å². The van der Waals surface area contributed by atoms with Gasteiger partial charge in [-0.15, -0.1) is 0 Å². The fraction of sp³-hybridized carbons (Fsp3) is 0.333. The molecule has 2 heterocycles. The first-order valence-corrected chi connectivity index (χ1v) is 7.67. The van der Waals surface area contributed by atoms with Crippen LogP contribution in [0.25, 0.3) is 11.3 Å². The molecule has 0 atom stereocenters. The second-order valence-corrected chi connectivity index (χ2v) is 5.67. The van der Waals surface area contributed by atoms with Gasteiger partial charge in [0, 0.05) is 35.9 Å². The Hall–Kier alpha value is -1.46. The maximum Gasteiger partial charge on any atom is 0.225 e. The normalized spacial score (nSPS) is 15.9. The monoisotopic (exact) mass is 332 g/mol. The lowest BCUT2D eigenvalue weighted by Crippen LogP contribution is -2.29. The van der Waals surface area contributed by atoms with Gasteiger partial charge < -0.3 is 10.2 Å². The van der Waals surface area contributed by atoms with Crippen molar-refractivity contribution in [2.75, 3.05) is 31.1 Å². The lowest BCUT2D eigenvalue weighted by atomic mass is 10.1. The standard InChI is InChI=1S/C15H17BrN4/c16-13-5-2-1-4-12(13)14-6-8-18-15(19-14)20-10-3-7-17-9-11-20/h1-2,4-6,8,17H,3,7,9-11H2. The van der Waals surface area contributed by atoms with Crippen molar-refractivity contribution in [3.05, 3.63) is 41.0 Å². The summed E-state index contributed by atoms with van der Waals surface area (Å²) in [6.45, 7) is 4.02. The molecule has 0 aliphatic carbocycles. The number of nitrogens with zero attached hydrogens (tertiary/aromatic N) is 3. The Labute approximate surface area is 127 Å². The Morgan fingerprint density at radius 2 is 2.00 bits per heavy atom. The molecule has 0 amide bonds. The molecule has 1 fully saturated rings. The van der Waals surface area contributed by atoms with Gasteiger partial charge in [-0.3, -0.25) is 0 Å². The Bertz CT molecular complexity index is 580. The average molecular weight is 333 g/mol. The van der Waals surface area contributed by atoms with Crippen molar-refractivity contribution < 1.29 is 0 Å². The van der Waals surface area contributed by atoms with Crippen LogP contribution in [-0.4, -0.2) is 36.1 Å². The summed E-state index contributed by atoms with van der Waals surface area (Å²) in [5, 5.41) is 3.40. The van der Waals surface area contributed by atoms with Crippen molar-refractivity contribution in [1.29, 1.82) is 0 Å². The molecule has 4 nitrogen and oxygen atoms in total. The lowest BCUT2D eigenvalue weighted by Gasteiger charge is -2.20. The van der Waals surface area contributed by atoms with Crippen LogP contribution in [0.2, 0.25) is 0 Å². The number of hydrogen-bond acceptors (Lipinski definition) is 4. The highest BCUT2D eigenvalue weighted by Crippen LogP contribution is 2.27. The molecular formula is C15H17BrN4. The molecule has 3 rings (SSSR count). The van der Waals surface area contributed by atoms with Crippen LogP contribution in [0.1, 0.15) is 6.42 Å². The van der Waals surface area contributed by atoms with Crippen molar-refractivity contribution in [2.45, 2.75) is 6.42 Å². The van der Waals surface area contributed by atoms with Gasteiger partial charge in [-0.05, 0) is 25.1 Å². The van der Waals surface area contributed by atoms with Crippen LogP contribution >= 0.6 is 15.9 Å². The molecule has 0 spiro atoms. The number of benzene rings is 1.